The van der Waals surface area contributed by atoms with E-state index in [4.69, 9.17) is 11.6 Å². The summed E-state index contributed by atoms with van der Waals surface area (Å²) in [5, 5.41) is 6.74. The van der Waals surface area contributed by atoms with Crippen molar-refractivity contribution in [2.45, 2.75) is 25.3 Å². The minimum atomic E-state index is -0.134. The summed E-state index contributed by atoms with van der Waals surface area (Å²) in [6.45, 7) is 0. The van der Waals surface area contributed by atoms with E-state index in [1.807, 2.05) is 24.3 Å². The van der Waals surface area contributed by atoms with Crippen LogP contribution in [0.1, 0.15) is 36.4 Å². The van der Waals surface area contributed by atoms with Gasteiger partial charge in [-0.1, -0.05) is 54.1 Å². The fraction of sp³-hybridized carbons (Fsp3) is 0.174. The first kappa shape index (κ1) is 15.7. The van der Waals surface area contributed by atoms with Crippen LogP contribution >= 0.6 is 11.6 Å². The number of fused-ring (bicyclic) bond motifs is 4. The highest BCUT2D eigenvalue weighted by atomic mass is 35.5. The van der Waals surface area contributed by atoms with Crippen LogP contribution in [0.3, 0.4) is 0 Å². The number of benzene rings is 3. The number of carbonyl (C=O) groups excluding carboxylic acids is 1. The highest BCUT2D eigenvalue weighted by Gasteiger charge is 2.34. The lowest BCUT2D eigenvalue weighted by atomic mass is 9.77. The molecule has 0 radical (unpaired) electrons. The number of ketones is 1. The molecule has 2 aliphatic rings. The summed E-state index contributed by atoms with van der Waals surface area (Å²) in [4.78, 5) is 12.9. The van der Waals surface area contributed by atoms with Gasteiger partial charge in [0.05, 0.1) is 6.04 Å². The minimum absolute atomic E-state index is 0.134. The number of halogens is 1. The van der Waals surface area contributed by atoms with Gasteiger partial charge >= 0.3 is 0 Å². The molecule has 5 rings (SSSR count). The third-order valence-electron chi connectivity index (χ3n) is 5.46. The van der Waals surface area contributed by atoms with Crippen LogP contribution < -0.4 is 5.32 Å². The lowest BCUT2D eigenvalue weighted by molar-refractivity contribution is -0.116. The number of allylic oxidation sites excluding steroid dienone is 1. The summed E-state index contributed by atoms with van der Waals surface area (Å²) in [5.74, 6) is 0.252. The van der Waals surface area contributed by atoms with Crippen LogP contribution in [0.15, 0.2) is 66.2 Å². The van der Waals surface area contributed by atoms with Gasteiger partial charge in [-0.3, -0.25) is 4.79 Å². The van der Waals surface area contributed by atoms with Crippen molar-refractivity contribution in [2.75, 3.05) is 5.32 Å². The van der Waals surface area contributed by atoms with E-state index < -0.39 is 0 Å². The van der Waals surface area contributed by atoms with Crippen LogP contribution in [0.5, 0.6) is 0 Å². The molecule has 3 aromatic carbocycles. The second-order valence-corrected chi connectivity index (χ2v) is 7.45. The Kier molecular flexibility index (Phi) is 3.61. The molecule has 0 spiro atoms. The van der Waals surface area contributed by atoms with Crippen LogP contribution in [-0.2, 0) is 4.79 Å². The number of anilines is 1. The van der Waals surface area contributed by atoms with Gasteiger partial charge in [-0.2, -0.15) is 0 Å². The van der Waals surface area contributed by atoms with E-state index in [0.717, 1.165) is 29.7 Å². The van der Waals surface area contributed by atoms with E-state index in [1.165, 1.54) is 21.9 Å². The first-order valence-corrected chi connectivity index (χ1v) is 9.40. The second-order valence-electron chi connectivity index (χ2n) is 7.01. The molecule has 1 atom stereocenters. The zero-order valence-corrected chi connectivity index (χ0v) is 15.0. The number of carbonyl (C=O) groups is 1. The number of Topliss-reactive ketones (excluding diaryl/α,β-unsaturated/α-hetero) is 1. The number of nitrogens with one attached hydrogen (secondary N) is 1. The predicted octanol–water partition coefficient (Wildman–Crippen LogP) is 6.17. The van der Waals surface area contributed by atoms with E-state index in [2.05, 4.69) is 41.7 Å². The quantitative estimate of drug-likeness (QED) is 0.563. The van der Waals surface area contributed by atoms with Gasteiger partial charge in [0.25, 0.3) is 0 Å². The van der Waals surface area contributed by atoms with Gasteiger partial charge in [0.15, 0.2) is 5.78 Å². The molecule has 1 aliphatic heterocycles. The Bertz CT molecular complexity index is 1080. The van der Waals surface area contributed by atoms with E-state index >= 15 is 0 Å². The summed E-state index contributed by atoms with van der Waals surface area (Å²) in [6.07, 6.45) is 2.49. The molecule has 0 saturated carbocycles. The fourth-order valence-electron chi connectivity index (χ4n) is 4.34. The van der Waals surface area contributed by atoms with E-state index in [1.54, 1.807) is 0 Å². The Morgan fingerprint density at radius 3 is 2.73 bits per heavy atom. The second kappa shape index (κ2) is 6.00. The lowest BCUT2D eigenvalue weighted by Gasteiger charge is -2.35. The average molecular weight is 360 g/mol. The van der Waals surface area contributed by atoms with Crippen LogP contribution in [0.2, 0.25) is 5.02 Å². The summed E-state index contributed by atoms with van der Waals surface area (Å²) in [7, 11) is 0. The predicted molar refractivity (Wildman–Crippen MR) is 108 cm³/mol. The first-order valence-electron chi connectivity index (χ1n) is 9.03. The van der Waals surface area contributed by atoms with Gasteiger partial charge < -0.3 is 5.32 Å². The van der Waals surface area contributed by atoms with Crippen molar-refractivity contribution in [1.82, 2.24) is 0 Å². The first-order chi connectivity index (χ1) is 12.7. The maximum absolute atomic E-state index is 12.9. The molecule has 26 heavy (non-hydrogen) atoms. The molecule has 0 fully saturated rings. The topological polar surface area (TPSA) is 29.1 Å². The SMILES string of the molecule is O=C1CCCC2=C1[C@@H](c1cccc(Cl)c1)Nc1ccc3ccccc3c12. The zero-order valence-electron chi connectivity index (χ0n) is 14.3. The van der Waals surface area contributed by atoms with E-state index in [0.29, 0.717) is 11.4 Å². The van der Waals surface area contributed by atoms with Crippen LogP contribution in [0.25, 0.3) is 16.3 Å². The average Bonchev–Trinajstić information content (AvgIpc) is 2.67. The van der Waals surface area contributed by atoms with Crippen molar-refractivity contribution in [3.05, 3.63) is 82.4 Å². The lowest BCUT2D eigenvalue weighted by Crippen LogP contribution is -2.27. The Morgan fingerprint density at radius 1 is 0.962 bits per heavy atom. The van der Waals surface area contributed by atoms with E-state index in [9.17, 15) is 4.79 Å². The Labute approximate surface area is 157 Å². The van der Waals surface area contributed by atoms with Crippen LogP contribution in [0.4, 0.5) is 5.69 Å². The summed E-state index contributed by atoms with van der Waals surface area (Å²) in [6, 6.07) is 20.4. The number of rotatable bonds is 1. The third kappa shape index (κ3) is 2.37. The van der Waals surface area contributed by atoms with Crippen molar-refractivity contribution >= 4 is 39.4 Å². The van der Waals surface area contributed by atoms with Crippen molar-refractivity contribution < 1.29 is 4.79 Å². The molecule has 3 aromatic rings. The molecule has 1 N–H and O–H groups in total. The molecular formula is C23H18ClNO. The van der Waals surface area contributed by atoms with Gasteiger partial charge in [-0.15, -0.1) is 0 Å². The molecule has 3 heteroatoms. The van der Waals surface area contributed by atoms with Crippen molar-refractivity contribution in [3.8, 4) is 0 Å². The van der Waals surface area contributed by atoms with E-state index in [-0.39, 0.29) is 11.8 Å². The van der Waals surface area contributed by atoms with Crippen molar-refractivity contribution in [3.63, 3.8) is 0 Å². The van der Waals surface area contributed by atoms with Gasteiger partial charge in [0.2, 0.25) is 0 Å². The molecule has 0 saturated heterocycles. The molecule has 128 valence electrons. The summed E-state index contributed by atoms with van der Waals surface area (Å²) < 4.78 is 0. The van der Waals surface area contributed by atoms with Gasteiger partial charge in [0, 0.05) is 28.3 Å². The Morgan fingerprint density at radius 2 is 1.85 bits per heavy atom. The van der Waals surface area contributed by atoms with Crippen LogP contribution in [0, 0.1) is 0 Å². The highest BCUT2D eigenvalue weighted by Crippen LogP contribution is 2.48. The number of hydrogen-bond donors (Lipinski definition) is 1. The molecular weight excluding hydrogens is 342 g/mol. The monoisotopic (exact) mass is 359 g/mol. The zero-order chi connectivity index (χ0) is 17.7. The largest absolute Gasteiger partial charge is 0.373 e. The summed E-state index contributed by atoms with van der Waals surface area (Å²) in [5.41, 5.74) is 5.46. The Hall–Kier alpha value is -2.58. The highest BCUT2D eigenvalue weighted by molar-refractivity contribution is 6.30. The minimum Gasteiger partial charge on any atom is -0.373 e. The molecule has 1 aliphatic carbocycles. The molecule has 0 aromatic heterocycles. The third-order valence-corrected chi connectivity index (χ3v) is 5.69. The molecule has 1 heterocycles. The normalized spacial score (nSPS) is 19.1. The van der Waals surface area contributed by atoms with Gasteiger partial charge in [-0.05, 0) is 52.9 Å². The molecule has 0 bridgehead atoms. The maximum Gasteiger partial charge on any atom is 0.161 e. The fourth-order valence-corrected chi connectivity index (χ4v) is 4.54. The molecule has 0 amide bonds. The smallest absolute Gasteiger partial charge is 0.161 e. The van der Waals surface area contributed by atoms with Crippen molar-refractivity contribution in [1.29, 1.82) is 0 Å². The van der Waals surface area contributed by atoms with Gasteiger partial charge in [-0.25, -0.2) is 0 Å². The standard InChI is InChI=1S/C23H18ClNO/c24-16-7-3-6-15(13-16)23-22-18(9-4-10-20(22)26)21-17-8-2-1-5-14(17)11-12-19(21)25-23/h1-3,5-8,11-13,23,25H,4,9-10H2/t23-/m1/s1. The summed E-state index contributed by atoms with van der Waals surface area (Å²) >= 11 is 6.23. The number of hydrogen-bond acceptors (Lipinski definition) is 2. The van der Waals surface area contributed by atoms with Crippen molar-refractivity contribution in [2.24, 2.45) is 0 Å². The molecule has 2 nitrogen and oxygen atoms in total. The van der Waals surface area contributed by atoms with Gasteiger partial charge in [0.1, 0.15) is 0 Å². The maximum atomic E-state index is 12.9. The Balaban J connectivity index is 1.79. The molecule has 0 unspecified atom stereocenters. The van der Waals surface area contributed by atoms with Crippen LogP contribution in [-0.4, -0.2) is 5.78 Å².